The molecule has 6 heteroatoms. The third kappa shape index (κ3) is 4.21. The molecule has 1 saturated heterocycles. The topological polar surface area (TPSA) is 41.6 Å². The summed E-state index contributed by atoms with van der Waals surface area (Å²) in [6.07, 6.45) is -0.283. The average molecular weight is 346 g/mol. The van der Waals surface area contributed by atoms with Crippen molar-refractivity contribution in [3.8, 4) is 0 Å². The number of carbonyl (C=O) groups is 1. The number of amides is 1. The molecule has 0 radical (unpaired) electrons. The molecule has 1 heterocycles. The number of nitrogens with zero attached hydrogens (tertiary/aromatic N) is 1. The highest BCUT2D eigenvalue weighted by Gasteiger charge is 2.23. The summed E-state index contributed by atoms with van der Waals surface area (Å²) in [5.41, 5.74) is 2.34. The van der Waals surface area contributed by atoms with Crippen molar-refractivity contribution < 1.29 is 18.3 Å². The van der Waals surface area contributed by atoms with Crippen molar-refractivity contribution in [1.82, 2.24) is 10.2 Å². The Morgan fingerprint density at radius 3 is 2.64 bits per heavy atom. The second-order valence-corrected chi connectivity index (χ2v) is 6.04. The van der Waals surface area contributed by atoms with Crippen LogP contribution in [-0.2, 0) is 11.3 Å². The number of hydrogen-bond acceptors (Lipinski definition) is 3. The highest BCUT2D eigenvalue weighted by Crippen LogP contribution is 2.24. The summed E-state index contributed by atoms with van der Waals surface area (Å²) in [6, 6.07) is 11.3. The molecular weight excluding hydrogens is 326 g/mol. The molecule has 3 rings (SSSR count). The van der Waals surface area contributed by atoms with Crippen molar-refractivity contribution in [3.05, 3.63) is 70.8 Å². The predicted molar refractivity (Wildman–Crippen MR) is 90.2 cm³/mol. The third-order valence-corrected chi connectivity index (χ3v) is 4.32. The average Bonchev–Trinajstić information content (AvgIpc) is 2.64. The first-order valence-electron chi connectivity index (χ1n) is 8.17. The molecule has 1 fully saturated rings. The molecule has 0 aliphatic carbocycles. The quantitative estimate of drug-likeness (QED) is 0.926. The van der Waals surface area contributed by atoms with Gasteiger partial charge >= 0.3 is 0 Å². The van der Waals surface area contributed by atoms with Crippen LogP contribution in [0.3, 0.4) is 0 Å². The van der Waals surface area contributed by atoms with Gasteiger partial charge in [0.15, 0.2) is 11.6 Å². The van der Waals surface area contributed by atoms with E-state index in [-0.39, 0.29) is 12.0 Å². The number of morpholine rings is 1. The molecular formula is C19H20F2N2O2. The van der Waals surface area contributed by atoms with Gasteiger partial charge in [0.1, 0.15) is 0 Å². The van der Waals surface area contributed by atoms with Crippen LogP contribution in [0.15, 0.2) is 42.5 Å². The van der Waals surface area contributed by atoms with E-state index >= 15 is 0 Å². The van der Waals surface area contributed by atoms with E-state index in [1.165, 1.54) is 6.07 Å². The Labute approximate surface area is 145 Å². The number of ether oxygens (including phenoxy) is 1. The molecule has 1 N–H and O–H groups in total. The normalized spacial score (nSPS) is 18.1. The molecule has 2 aromatic rings. The van der Waals surface area contributed by atoms with Gasteiger partial charge in [-0.1, -0.05) is 18.2 Å². The molecule has 1 atom stereocenters. The van der Waals surface area contributed by atoms with E-state index in [0.717, 1.165) is 18.2 Å². The Balaban J connectivity index is 1.65. The third-order valence-electron chi connectivity index (χ3n) is 4.32. The van der Waals surface area contributed by atoms with Crippen molar-refractivity contribution in [1.29, 1.82) is 0 Å². The zero-order chi connectivity index (χ0) is 17.8. The lowest BCUT2D eigenvalue weighted by Crippen LogP contribution is -2.37. The molecule has 0 bridgehead atoms. The molecule has 0 saturated carbocycles. The van der Waals surface area contributed by atoms with Gasteiger partial charge in [-0.05, 0) is 35.4 Å². The van der Waals surface area contributed by atoms with Crippen molar-refractivity contribution in [2.24, 2.45) is 0 Å². The van der Waals surface area contributed by atoms with E-state index < -0.39 is 11.6 Å². The zero-order valence-corrected chi connectivity index (χ0v) is 14.0. The number of benzene rings is 2. The summed E-state index contributed by atoms with van der Waals surface area (Å²) in [6.45, 7) is 2.59. The molecule has 132 valence electrons. The van der Waals surface area contributed by atoms with E-state index in [0.29, 0.717) is 30.8 Å². The van der Waals surface area contributed by atoms with Crippen LogP contribution in [0.5, 0.6) is 0 Å². The predicted octanol–water partition coefficient (Wildman–Crippen LogP) is 2.90. The summed E-state index contributed by atoms with van der Waals surface area (Å²) in [5.74, 6) is -1.83. The van der Waals surface area contributed by atoms with E-state index in [2.05, 4.69) is 10.2 Å². The maximum atomic E-state index is 13.4. The minimum absolute atomic E-state index is 0.115. The summed E-state index contributed by atoms with van der Waals surface area (Å²) in [4.78, 5) is 13.8. The summed E-state index contributed by atoms with van der Waals surface area (Å²) >= 11 is 0. The second kappa shape index (κ2) is 7.72. The molecule has 0 spiro atoms. The van der Waals surface area contributed by atoms with Gasteiger partial charge in [0.25, 0.3) is 5.91 Å². The molecule has 25 heavy (non-hydrogen) atoms. The van der Waals surface area contributed by atoms with Crippen LogP contribution in [-0.4, -0.2) is 37.6 Å². The van der Waals surface area contributed by atoms with E-state index in [1.54, 1.807) is 25.2 Å². The lowest BCUT2D eigenvalue weighted by Gasteiger charge is -2.33. The molecule has 0 aromatic heterocycles. The van der Waals surface area contributed by atoms with Gasteiger partial charge in [0.2, 0.25) is 0 Å². The fourth-order valence-corrected chi connectivity index (χ4v) is 2.92. The minimum atomic E-state index is -0.858. The van der Waals surface area contributed by atoms with Crippen LogP contribution in [0.4, 0.5) is 8.78 Å². The number of carbonyl (C=O) groups excluding carboxylic acids is 1. The van der Waals surface area contributed by atoms with E-state index in [9.17, 15) is 13.6 Å². The molecule has 1 aliphatic heterocycles. The van der Waals surface area contributed by atoms with Gasteiger partial charge < -0.3 is 10.1 Å². The van der Waals surface area contributed by atoms with Crippen molar-refractivity contribution >= 4 is 5.91 Å². The molecule has 2 aromatic carbocycles. The molecule has 1 aliphatic rings. The van der Waals surface area contributed by atoms with Crippen LogP contribution in [0.2, 0.25) is 0 Å². The first-order valence-corrected chi connectivity index (χ1v) is 8.17. The largest absolute Gasteiger partial charge is 0.371 e. The van der Waals surface area contributed by atoms with E-state index in [4.69, 9.17) is 4.74 Å². The second-order valence-electron chi connectivity index (χ2n) is 6.04. The fourth-order valence-electron chi connectivity index (χ4n) is 2.92. The van der Waals surface area contributed by atoms with Crippen LogP contribution < -0.4 is 5.32 Å². The smallest absolute Gasteiger partial charge is 0.251 e. The van der Waals surface area contributed by atoms with E-state index in [1.807, 2.05) is 12.1 Å². The van der Waals surface area contributed by atoms with Crippen LogP contribution >= 0.6 is 0 Å². The van der Waals surface area contributed by atoms with Gasteiger partial charge in [0, 0.05) is 32.2 Å². The standard InChI is InChI=1S/C19H20F2N2O2/c1-22-19(24)14-4-2-13(3-5-14)11-23-8-9-25-18(12-23)15-6-7-16(20)17(21)10-15/h2-7,10,18H,8-9,11-12H2,1H3,(H,22,24)/t18-/m0/s1. The monoisotopic (exact) mass is 346 g/mol. The Kier molecular flexibility index (Phi) is 5.40. The first kappa shape index (κ1) is 17.5. The van der Waals surface area contributed by atoms with Crippen molar-refractivity contribution in [2.75, 3.05) is 26.7 Å². The number of hydrogen-bond donors (Lipinski definition) is 1. The summed E-state index contributed by atoms with van der Waals surface area (Å²) in [7, 11) is 1.60. The maximum Gasteiger partial charge on any atom is 0.251 e. The Morgan fingerprint density at radius 1 is 1.20 bits per heavy atom. The lowest BCUT2D eigenvalue weighted by atomic mass is 10.1. The van der Waals surface area contributed by atoms with Gasteiger partial charge in [0.05, 0.1) is 12.7 Å². The Hall–Kier alpha value is -2.31. The summed E-state index contributed by atoms with van der Waals surface area (Å²) < 4.78 is 32.2. The zero-order valence-electron chi connectivity index (χ0n) is 14.0. The Bertz CT molecular complexity index is 750. The Morgan fingerprint density at radius 2 is 1.96 bits per heavy atom. The number of rotatable bonds is 4. The molecule has 4 nitrogen and oxygen atoms in total. The van der Waals surface area contributed by atoms with Crippen LogP contribution in [0.25, 0.3) is 0 Å². The lowest BCUT2D eigenvalue weighted by molar-refractivity contribution is -0.0330. The highest BCUT2D eigenvalue weighted by atomic mass is 19.2. The van der Waals surface area contributed by atoms with Gasteiger partial charge in [-0.2, -0.15) is 0 Å². The van der Waals surface area contributed by atoms with Gasteiger partial charge in [-0.3, -0.25) is 9.69 Å². The van der Waals surface area contributed by atoms with Crippen molar-refractivity contribution in [2.45, 2.75) is 12.6 Å². The molecule has 1 amide bonds. The number of halogens is 2. The molecule has 0 unspecified atom stereocenters. The first-order chi connectivity index (χ1) is 12.1. The minimum Gasteiger partial charge on any atom is -0.371 e. The van der Waals surface area contributed by atoms with Crippen LogP contribution in [0.1, 0.15) is 27.6 Å². The SMILES string of the molecule is CNC(=O)c1ccc(CN2CCO[C@H](c3ccc(F)c(F)c3)C2)cc1. The van der Waals surface area contributed by atoms with Crippen LogP contribution in [0, 0.1) is 11.6 Å². The highest BCUT2D eigenvalue weighted by molar-refractivity contribution is 5.93. The fraction of sp³-hybridized carbons (Fsp3) is 0.316. The van der Waals surface area contributed by atoms with Gasteiger partial charge in [-0.25, -0.2) is 8.78 Å². The van der Waals surface area contributed by atoms with Crippen molar-refractivity contribution in [3.63, 3.8) is 0 Å². The van der Waals surface area contributed by atoms with Gasteiger partial charge in [-0.15, -0.1) is 0 Å². The number of nitrogens with one attached hydrogen (secondary N) is 1. The summed E-state index contributed by atoms with van der Waals surface area (Å²) in [5, 5.41) is 2.59. The maximum absolute atomic E-state index is 13.4.